The van der Waals surface area contributed by atoms with Crippen molar-refractivity contribution in [2.45, 2.75) is 87.9 Å². The zero-order valence-electron chi connectivity index (χ0n) is 30.6. The van der Waals surface area contributed by atoms with Crippen molar-refractivity contribution >= 4 is 17.1 Å². The molecule has 0 N–H and O–H groups in total. The van der Waals surface area contributed by atoms with Crippen molar-refractivity contribution in [2.75, 3.05) is 4.90 Å². The van der Waals surface area contributed by atoms with Crippen LogP contribution in [0.4, 0.5) is 17.1 Å². The standard InChI is InChI=1S/C51H47N/c1-49(2)44-14-6-3-12-40(44)42-23-21-37(31-46(42)49)52(38-22-24-43-41-13-4-7-15-45(41)51(47(43)32-38)27-9-10-28-51)48-16-8-5-11-39(48)35-17-19-36(20-18-35)50-29-25-34(33-50)26-30-50/h3-8,11-24,31-32,34H,9-10,25-30,33H2,1-2H3. The van der Waals surface area contributed by atoms with E-state index in [1.807, 2.05) is 0 Å². The molecule has 5 aliphatic carbocycles. The molecule has 11 rings (SSSR count). The predicted octanol–water partition coefficient (Wildman–Crippen LogP) is 13.8. The molecule has 2 bridgehead atoms. The summed E-state index contributed by atoms with van der Waals surface area (Å²) < 4.78 is 0. The van der Waals surface area contributed by atoms with E-state index < -0.39 is 0 Å². The Morgan fingerprint density at radius 3 is 1.73 bits per heavy atom. The predicted molar refractivity (Wildman–Crippen MR) is 217 cm³/mol. The van der Waals surface area contributed by atoms with E-state index in [1.54, 1.807) is 11.1 Å². The summed E-state index contributed by atoms with van der Waals surface area (Å²) in [4.78, 5) is 2.58. The summed E-state index contributed by atoms with van der Waals surface area (Å²) in [6, 6.07) is 51.8. The van der Waals surface area contributed by atoms with Gasteiger partial charge in [-0.3, -0.25) is 0 Å². The summed E-state index contributed by atoms with van der Waals surface area (Å²) in [6.45, 7) is 4.79. The minimum Gasteiger partial charge on any atom is -0.310 e. The first-order chi connectivity index (χ1) is 25.5. The van der Waals surface area contributed by atoms with Gasteiger partial charge < -0.3 is 4.90 Å². The summed E-state index contributed by atoms with van der Waals surface area (Å²) in [5.41, 5.74) is 19.8. The van der Waals surface area contributed by atoms with Crippen LogP contribution in [0.25, 0.3) is 33.4 Å². The first-order valence-electron chi connectivity index (χ1n) is 19.9. The molecular weight excluding hydrogens is 627 g/mol. The second kappa shape index (κ2) is 11.1. The average molecular weight is 674 g/mol. The second-order valence-corrected chi connectivity index (χ2v) is 17.3. The van der Waals surface area contributed by atoms with Gasteiger partial charge in [0.15, 0.2) is 0 Å². The van der Waals surface area contributed by atoms with Crippen LogP contribution in [0, 0.1) is 5.92 Å². The molecular formula is C51H47N. The molecule has 3 fully saturated rings. The van der Waals surface area contributed by atoms with Gasteiger partial charge in [-0.15, -0.1) is 0 Å². The summed E-state index contributed by atoms with van der Waals surface area (Å²) in [5, 5.41) is 0. The van der Waals surface area contributed by atoms with Crippen molar-refractivity contribution in [3.8, 4) is 33.4 Å². The Hall–Kier alpha value is -4.88. The monoisotopic (exact) mass is 673 g/mol. The van der Waals surface area contributed by atoms with Crippen LogP contribution in [0.3, 0.4) is 0 Å². The number of hydrogen-bond acceptors (Lipinski definition) is 1. The third-order valence-corrected chi connectivity index (χ3v) is 14.5. The molecule has 0 aliphatic heterocycles. The minimum atomic E-state index is -0.0741. The smallest absolute Gasteiger partial charge is 0.0540 e. The molecule has 6 aromatic carbocycles. The molecule has 5 aliphatic rings. The Morgan fingerprint density at radius 2 is 1.06 bits per heavy atom. The highest BCUT2D eigenvalue weighted by molar-refractivity contribution is 5.92. The molecule has 1 spiro atoms. The van der Waals surface area contributed by atoms with Crippen molar-refractivity contribution < 1.29 is 0 Å². The van der Waals surface area contributed by atoms with Gasteiger partial charge in [0.25, 0.3) is 0 Å². The Bertz CT molecular complexity index is 2380. The Morgan fingerprint density at radius 1 is 0.500 bits per heavy atom. The van der Waals surface area contributed by atoms with E-state index in [-0.39, 0.29) is 10.8 Å². The summed E-state index contributed by atoms with van der Waals surface area (Å²) >= 11 is 0. The highest BCUT2D eigenvalue weighted by atomic mass is 15.1. The van der Waals surface area contributed by atoms with E-state index in [0.29, 0.717) is 5.41 Å². The first-order valence-corrected chi connectivity index (χ1v) is 19.9. The van der Waals surface area contributed by atoms with Crippen molar-refractivity contribution in [1.82, 2.24) is 0 Å². The molecule has 3 saturated carbocycles. The van der Waals surface area contributed by atoms with E-state index in [2.05, 4.69) is 152 Å². The number of nitrogens with zero attached hydrogens (tertiary/aromatic N) is 1. The van der Waals surface area contributed by atoms with Crippen LogP contribution in [0.1, 0.15) is 99.5 Å². The van der Waals surface area contributed by atoms with Crippen LogP contribution in [0.2, 0.25) is 0 Å². The van der Waals surface area contributed by atoms with Crippen molar-refractivity contribution in [1.29, 1.82) is 0 Å². The van der Waals surface area contributed by atoms with Gasteiger partial charge in [-0.2, -0.15) is 0 Å². The lowest BCUT2D eigenvalue weighted by molar-refractivity contribution is 0.419. The molecule has 0 heterocycles. The Kier molecular flexibility index (Phi) is 6.54. The van der Waals surface area contributed by atoms with Crippen LogP contribution in [0.5, 0.6) is 0 Å². The molecule has 1 heteroatoms. The topological polar surface area (TPSA) is 3.24 Å². The Balaban J connectivity index is 1.09. The number of benzene rings is 6. The number of rotatable bonds is 5. The zero-order valence-corrected chi connectivity index (χ0v) is 30.6. The maximum Gasteiger partial charge on any atom is 0.0540 e. The molecule has 0 saturated heterocycles. The van der Waals surface area contributed by atoms with Crippen LogP contribution >= 0.6 is 0 Å². The summed E-state index contributed by atoms with van der Waals surface area (Å²) in [7, 11) is 0. The number of hydrogen-bond donors (Lipinski definition) is 0. The molecule has 52 heavy (non-hydrogen) atoms. The zero-order chi connectivity index (χ0) is 34.7. The van der Waals surface area contributed by atoms with Gasteiger partial charge >= 0.3 is 0 Å². The molecule has 0 aromatic heterocycles. The normalized spacial score (nSPS) is 22.3. The molecule has 0 atom stereocenters. The fraction of sp³-hybridized carbons (Fsp3) is 0.294. The highest BCUT2D eigenvalue weighted by Crippen LogP contribution is 2.59. The fourth-order valence-electron chi connectivity index (χ4n) is 11.9. The van der Waals surface area contributed by atoms with Gasteiger partial charge in [-0.1, -0.05) is 130 Å². The van der Waals surface area contributed by atoms with Gasteiger partial charge in [-0.05, 0) is 142 Å². The van der Waals surface area contributed by atoms with Gasteiger partial charge in [0.1, 0.15) is 0 Å². The minimum absolute atomic E-state index is 0.0741. The van der Waals surface area contributed by atoms with Gasteiger partial charge in [-0.25, -0.2) is 0 Å². The number of para-hydroxylation sites is 1. The maximum atomic E-state index is 2.58. The number of anilines is 3. The second-order valence-electron chi connectivity index (χ2n) is 17.3. The van der Waals surface area contributed by atoms with Gasteiger partial charge in [0.2, 0.25) is 0 Å². The van der Waals surface area contributed by atoms with Crippen molar-refractivity contribution in [2.24, 2.45) is 5.92 Å². The lowest BCUT2D eigenvalue weighted by Crippen LogP contribution is -2.21. The third-order valence-electron chi connectivity index (χ3n) is 14.5. The van der Waals surface area contributed by atoms with E-state index >= 15 is 0 Å². The lowest BCUT2D eigenvalue weighted by atomic mass is 9.76. The van der Waals surface area contributed by atoms with Crippen molar-refractivity contribution in [3.05, 3.63) is 161 Å². The molecule has 256 valence electrons. The first kappa shape index (κ1) is 30.7. The van der Waals surface area contributed by atoms with Crippen LogP contribution in [0.15, 0.2) is 133 Å². The quantitative estimate of drug-likeness (QED) is 0.176. The van der Waals surface area contributed by atoms with Crippen LogP contribution < -0.4 is 4.90 Å². The number of fused-ring (bicyclic) bond motifs is 10. The molecule has 0 radical (unpaired) electrons. The molecule has 6 aromatic rings. The van der Waals surface area contributed by atoms with Gasteiger partial charge in [0, 0.05) is 27.8 Å². The Labute approximate surface area is 309 Å². The third kappa shape index (κ3) is 4.23. The van der Waals surface area contributed by atoms with E-state index in [9.17, 15) is 0 Å². The average Bonchev–Trinajstić information content (AvgIpc) is 4.03. The van der Waals surface area contributed by atoms with E-state index in [0.717, 1.165) is 5.92 Å². The van der Waals surface area contributed by atoms with Crippen LogP contribution in [-0.4, -0.2) is 0 Å². The lowest BCUT2D eigenvalue weighted by Gasteiger charge is -2.32. The maximum absolute atomic E-state index is 2.58. The molecule has 1 nitrogen and oxygen atoms in total. The highest BCUT2D eigenvalue weighted by Gasteiger charge is 2.47. The summed E-state index contributed by atoms with van der Waals surface area (Å²) in [6.07, 6.45) is 12.0. The fourth-order valence-corrected chi connectivity index (χ4v) is 11.9. The van der Waals surface area contributed by atoms with Crippen LogP contribution in [-0.2, 0) is 16.2 Å². The van der Waals surface area contributed by atoms with Gasteiger partial charge in [0.05, 0.1) is 5.69 Å². The molecule has 0 unspecified atom stereocenters. The van der Waals surface area contributed by atoms with E-state index in [1.165, 1.54) is 125 Å². The van der Waals surface area contributed by atoms with Crippen molar-refractivity contribution in [3.63, 3.8) is 0 Å². The largest absolute Gasteiger partial charge is 0.310 e. The summed E-state index contributed by atoms with van der Waals surface area (Å²) in [5.74, 6) is 0.947. The van der Waals surface area contributed by atoms with E-state index in [4.69, 9.17) is 0 Å². The SMILES string of the molecule is CC1(C)c2ccccc2-c2ccc(N(c3ccc4c(c3)C3(CCCC3)c3ccccc3-4)c3ccccc3-c3ccc(C45CCC(CC4)C5)cc3)cc21. The molecule has 0 amide bonds.